The fraction of sp³-hybridized carbons (Fsp3) is 0.182. The number of rotatable bonds is 11. The molecule has 0 saturated carbocycles. The third kappa shape index (κ3) is 6.51. The van der Waals surface area contributed by atoms with Crippen LogP contribution in [-0.2, 0) is 27.7 Å². The van der Waals surface area contributed by atoms with Crippen LogP contribution < -0.4 is 4.74 Å². The van der Waals surface area contributed by atoms with E-state index >= 15 is 0 Å². The van der Waals surface area contributed by atoms with Gasteiger partial charge in [-0.2, -0.15) is 4.31 Å². The molecule has 5 rings (SSSR count). The maximum atomic E-state index is 14.1. The molecule has 5 aromatic rings. The Morgan fingerprint density at radius 2 is 1.51 bits per heavy atom. The van der Waals surface area contributed by atoms with E-state index in [1.807, 2.05) is 84.9 Å². The second kappa shape index (κ2) is 12.4. The van der Waals surface area contributed by atoms with E-state index in [0.29, 0.717) is 34.5 Å². The largest absolute Gasteiger partial charge is 0.460 e. The minimum atomic E-state index is -3.94. The highest BCUT2D eigenvalue weighted by Crippen LogP contribution is 2.30. The molecule has 0 amide bonds. The molecule has 0 aliphatic heterocycles. The lowest BCUT2D eigenvalue weighted by Gasteiger charge is -2.23. The van der Waals surface area contributed by atoms with Crippen LogP contribution in [0.1, 0.15) is 34.2 Å². The van der Waals surface area contributed by atoms with Gasteiger partial charge in [0.15, 0.2) is 0 Å². The second-order valence-electron chi connectivity index (χ2n) is 9.57. The number of sulfonamides is 1. The minimum absolute atomic E-state index is 0.0764. The maximum absolute atomic E-state index is 14.1. The topological polar surface area (TPSA) is 86.0 Å². The average molecular weight is 570 g/mol. The highest BCUT2D eigenvalue weighted by molar-refractivity contribution is 7.89. The standard InChI is InChI=1S/C33H31NO6S/c1-3-38-33(35)32-24(2)30-22-29(17-18-31(30)40-32)41(36,37)34(20-19-25-11-6-4-7-12-25)23-26-13-10-16-28(21-26)39-27-14-8-5-9-15-27/h4-18,21-22H,3,19-20,23H2,1-2H3. The van der Waals surface area contributed by atoms with Gasteiger partial charge >= 0.3 is 5.97 Å². The van der Waals surface area contributed by atoms with Crippen molar-refractivity contribution in [2.24, 2.45) is 0 Å². The molecule has 7 nitrogen and oxygen atoms in total. The zero-order valence-corrected chi connectivity index (χ0v) is 23.8. The van der Waals surface area contributed by atoms with E-state index in [4.69, 9.17) is 13.9 Å². The number of para-hydroxylation sites is 1. The van der Waals surface area contributed by atoms with Crippen LogP contribution in [0.3, 0.4) is 0 Å². The van der Waals surface area contributed by atoms with Gasteiger partial charge in [-0.1, -0.05) is 60.7 Å². The number of ether oxygens (including phenoxy) is 2. The van der Waals surface area contributed by atoms with E-state index in [-0.39, 0.29) is 30.4 Å². The highest BCUT2D eigenvalue weighted by atomic mass is 32.2. The first-order chi connectivity index (χ1) is 19.8. The summed E-state index contributed by atoms with van der Waals surface area (Å²) < 4.78 is 46.5. The molecule has 8 heteroatoms. The van der Waals surface area contributed by atoms with Crippen LogP contribution in [0.25, 0.3) is 11.0 Å². The summed E-state index contributed by atoms with van der Waals surface area (Å²) >= 11 is 0. The normalized spacial score (nSPS) is 11.6. The number of esters is 1. The second-order valence-corrected chi connectivity index (χ2v) is 11.5. The summed E-state index contributed by atoms with van der Waals surface area (Å²) in [6, 6.07) is 31.3. The van der Waals surface area contributed by atoms with Crippen molar-refractivity contribution in [3.8, 4) is 11.5 Å². The predicted octanol–water partition coefficient (Wildman–Crippen LogP) is 7.14. The number of hydrogen-bond acceptors (Lipinski definition) is 6. The van der Waals surface area contributed by atoms with Crippen LogP contribution in [0.4, 0.5) is 0 Å². The predicted molar refractivity (Wildman–Crippen MR) is 158 cm³/mol. The Morgan fingerprint density at radius 1 is 0.829 bits per heavy atom. The van der Waals surface area contributed by atoms with Gasteiger partial charge in [0.1, 0.15) is 17.1 Å². The Kier molecular flexibility index (Phi) is 8.52. The molecule has 0 aliphatic carbocycles. The molecule has 0 fully saturated rings. The molecule has 41 heavy (non-hydrogen) atoms. The number of fused-ring (bicyclic) bond motifs is 1. The molecule has 0 spiro atoms. The Balaban J connectivity index is 1.47. The van der Waals surface area contributed by atoms with E-state index in [2.05, 4.69) is 0 Å². The van der Waals surface area contributed by atoms with E-state index in [9.17, 15) is 13.2 Å². The number of benzene rings is 4. The van der Waals surface area contributed by atoms with Gasteiger partial charge in [-0.25, -0.2) is 13.2 Å². The summed E-state index contributed by atoms with van der Waals surface area (Å²) in [5, 5.41) is 0.551. The first-order valence-electron chi connectivity index (χ1n) is 13.4. The van der Waals surface area contributed by atoms with E-state index < -0.39 is 16.0 Å². The summed E-state index contributed by atoms with van der Waals surface area (Å²) in [5.74, 6) is 0.820. The summed E-state index contributed by atoms with van der Waals surface area (Å²) in [4.78, 5) is 12.5. The Morgan fingerprint density at radius 3 is 2.24 bits per heavy atom. The molecule has 1 heterocycles. The summed E-state index contributed by atoms with van der Waals surface area (Å²) in [6.45, 7) is 4.07. The lowest BCUT2D eigenvalue weighted by molar-refractivity contribution is 0.0491. The Bertz CT molecular complexity index is 1750. The molecule has 0 atom stereocenters. The van der Waals surface area contributed by atoms with Crippen molar-refractivity contribution in [2.75, 3.05) is 13.2 Å². The third-order valence-corrected chi connectivity index (χ3v) is 8.58. The van der Waals surface area contributed by atoms with Crippen molar-refractivity contribution < 1.29 is 27.1 Å². The van der Waals surface area contributed by atoms with Crippen LogP contribution in [0.2, 0.25) is 0 Å². The molecule has 1 aromatic heterocycles. The van der Waals surface area contributed by atoms with Gasteiger partial charge in [-0.05, 0) is 73.9 Å². The van der Waals surface area contributed by atoms with Crippen LogP contribution in [0.5, 0.6) is 11.5 Å². The fourth-order valence-corrected chi connectivity index (χ4v) is 6.07. The monoisotopic (exact) mass is 569 g/mol. The number of furan rings is 1. The summed E-state index contributed by atoms with van der Waals surface area (Å²) in [7, 11) is -3.94. The van der Waals surface area contributed by atoms with Crippen molar-refractivity contribution in [2.45, 2.75) is 31.7 Å². The fourth-order valence-electron chi connectivity index (χ4n) is 4.62. The lowest BCUT2D eigenvalue weighted by atomic mass is 10.1. The zero-order chi connectivity index (χ0) is 28.8. The average Bonchev–Trinajstić information content (AvgIpc) is 3.32. The van der Waals surface area contributed by atoms with E-state index in [1.54, 1.807) is 26.0 Å². The van der Waals surface area contributed by atoms with Gasteiger partial charge < -0.3 is 13.9 Å². The van der Waals surface area contributed by atoms with Crippen molar-refractivity contribution in [1.82, 2.24) is 4.31 Å². The molecule has 4 aromatic carbocycles. The van der Waals surface area contributed by atoms with Gasteiger partial charge in [-0.15, -0.1) is 0 Å². The number of nitrogens with zero attached hydrogens (tertiary/aromatic N) is 1. The minimum Gasteiger partial charge on any atom is -0.460 e. The molecule has 0 unspecified atom stereocenters. The smallest absolute Gasteiger partial charge is 0.374 e. The van der Waals surface area contributed by atoms with Gasteiger partial charge in [0, 0.05) is 24.0 Å². The van der Waals surface area contributed by atoms with Gasteiger partial charge in [0.05, 0.1) is 11.5 Å². The quantitative estimate of drug-likeness (QED) is 0.157. The third-order valence-electron chi connectivity index (χ3n) is 6.74. The molecular weight excluding hydrogens is 538 g/mol. The maximum Gasteiger partial charge on any atom is 0.374 e. The number of aryl methyl sites for hydroxylation is 1. The van der Waals surface area contributed by atoms with Crippen molar-refractivity contribution in [1.29, 1.82) is 0 Å². The van der Waals surface area contributed by atoms with Crippen molar-refractivity contribution >= 4 is 27.0 Å². The first-order valence-corrected chi connectivity index (χ1v) is 14.9. The molecule has 0 radical (unpaired) electrons. The summed E-state index contributed by atoms with van der Waals surface area (Å²) in [5.41, 5.74) is 2.79. The SMILES string of the molecule is CCOC(=O)c1oc2ccc(S(=O)(=O)N(CCc3ccccc3)Cc3cccc(Oc4ccccc4)c3)cc2c1C. The highest BCUT2D eigenvalue weighted by Gasteiger charge is 2.27. The zero-order valence-electron chi connectivity index (χ0n) is 22.9. The molecule has 0 N–H and O–H groups in total. The number of carbonyl (C=O) groups is 1. The van der Waals surface area contributed by atoms with Crippen molar-refractivity contribution in [3.63, 3.8) is 0 Å². The molecule has 0 bridgehead atoms. The van der Waals surface area contributed by atoms with Gasteiger partial charge in [0.25, 0.3) is 0 Å². The number of hydrogen-bond donors (Lipinski definition) is 0. The van der Waals surface area contributed by atoms with Crippen LogP contribution in [0.15, 0.2) is 112 Å². The van der Waals surface area contributed by atoms with Crippen molar-refractivity contribution in [3.05, 3.63) is 126 Å². The lowest BCUT2D eigenvalue weighted by Crippen LogP contribution is -2.32. The number of carbonyl (C=O) groups excluding carboxylic acids is 1. The van der Waals surface area contributed by atoms with Crippen LogP contribution in [0, 0.1) is 6.92 Å². The van der Waals surface area contributed by atoms with E-state index in [1.165, 1.54) is 10.4 Å². The Hall–Kier alpha value is -4.40. The molecule has 210 valence electrons. The first kappa shape index (κ1) is 28.1. The van der Waals surface area contributed by atoms with E-state index in [0.717, 1.165) is 11.1 Å². The van der Waals surface area contributed by atoms with Gasteiger partial charge in [0.2, 0.25) is 15.8 Å². The summed E-state index contributed by atoms with van der Waals surface area (Å²) in [6.07, 6.45) is 0.542. The Labute approximate surface area is 240 Å². The van der Waals surface area contributed by atoms with Gasteiger partial charge in [-0.3, -0.25) is 0 Å². The van der Waals surface area contributed by atoms with Crippen LogP contribution >= 0.6 is 0 Å². The molecule has 0 aliphatic rings. The molecular formula is C33H31NO6S. The molecule has 0 saturated heterocycles. The van der Waals surface area contributed by atoms with Crippen LogP contribution in [-0.4, -0.2) is 31.8 Å².